The number of rotatable bonds is 1. The number of fused-ring (bicyclic) bond motifs is 4. The summed E-state index contributed by atoms with van der Waals surface area (Å²) < 4.78 is 12.9. The molecule has 6 atom stereocenters. The Kier molecular flexibility index (Phi) is 6.16. The number of ether oxygens (including phenoxy) is 2. The third-order valence-electron chi connectivity index (χ3n) is 10.4. The second-order valence-electron chi connectivity index (χ2n) is 13.3. The van der Waals surface area contributed by atoms with E-state index in [-0.39, 0.29) is 22.7 Å². The van der Waals surface area contributed by atoms with Crippen molar-refractivity contribution in [3.8, 4) is 11.8 Å². The largest absolute Gasteiger partial charge is 0.393 e. The average molecular weight is 490 g/mol. The number of allylic oxidation sites excluding steroid dienone is 2. The van der Waals surface area contributed by atoms with Crippen molar-refractivity contribution in [1.82, 2.24) is 0 Å². The average Bonchev–Trinajstić information content (AvgIpc) is 3.18. The molecule has 4 aliphatic carbocycles. The minimum Gasteiger partial charge on any atom is -0.393 e. The van der Waals surface area contributed by atoms with Crippen LogP contribution in [0.5, 0.6) is 0 Å². The molecule has 1 aromatic carbocycles. The van der Waals surface area contributed by atoms with Gasteiger partial charge in [-0.15, -0.1) is 0 Å². The zero-order valence-electron chi connectivity index (χ0n) is 22.3. The van der Waals surface area contributed by atoms with Crippen molar-refractivity contribution in [3.63, 3.8) is 0 Å². The van der Waals surface area contributed by atoms with Crippen LogP contribution < -0.4 is 5.73 Å². The lowest BCUT2D eigenvalue weighted by molar-refractivity contribution is -0.312. The van der Waals surface area contributed by atoms with E-state index in [4.69, 9.17) is 15.2 Å². The van der Waals surface area contributed by atoms with Gasteiger partial charge in [0.15, 0.2) is 5.79 Å². The standard InChI is InChI=1S/C32H43NO3/c1-30(2)19-35-32(36-20-30)15-14-24-23(17-32)10-11-25-27-12-13-28(34)31(27,3)18-26(29(24)25)22-8-6-21(7-9-22)5-4-16-33/h6-9,23,25-28,34H,10-20,33H2,1-3H3. The quantitative estimate of drug-likeness (QED) is 0.402. The fraction of sp³-hybridized carbons (Fsp3) is 0.688. The van der Waals surface area contributed by atoms with Gasteiger partial charge < -0.3 is 20.3 Å². The van der Waals surface area contributed by atoms with E-state index in [0.717, 1.165) is 57.3 Å². The summed E-state index contributed by atoms with van der Waals surface area (Å²) in [6.45, 7) is 8.79. The molecule has 4 heteroatoms. The van der Waals surface area contributed by atoms with Crippen LogP contribution in [0.4, 0.5) is 0 Å². The Hall–Kier alpha value is -1.64. The highest BCUT2D eigenvalue weighted by Crippen LogP contribution is 2.64. The van der Waals surface area contributed by atoms with Crippen LogP contribution in [0, 0.1) is 40.4 Å². The molecule has 1 saturated heterocycles. The Labute approximate surface area is 217 Å². The predicted molar refractivity (Wildman–Crippen MR) is 142 cm³/mol. The molecule has 36 heavy (non-hydrogen) atoms. The molecule has 3 N–H and O–H groups in total. The molecule has 6 unspecified atom stereocenters. The number of nitrogens with two attached hydrogens (primary N) is 1. The number of hydrogen-bond donors (Lipinski definition) is 2. The SMILES string of the molecule is CC1(C)COC2(CCC3=C4C(c5ccc(C#CCN)cc5)CC5(C)C(O)CCC5C4CCC3C2)OC1. The molecular weight excluding hydrogens is 446 g/mol. The van der Waals surface area contributed by atoms with Gasteiger partial charge in [-0.1, -0.05) is 55.9 Å². The summed E-state index contributed by atoms with van der Waals surface area (Å²) in [5.41, 5.74) is 11.5. The number of aliphatic hydroxyl groups excluding tert-OH is 1. The zero-order valence-corrected chi connectivity index (χ0v) is 22.3. The molecule has 194 valence electrons. The van der Waals surface area contributed by atoms with Gasteiger partial charge in [0.25, 0.3) is 0 Å². The second-order valence-corrected chi connectivity index (χ2v) is 13.3. The van der Waals surface area contributed by atoms with E-state index in [1.807, 2.05) is 0 Å². The predicted octanol–water partition coefficient (Wildman–Crippen LogP) is 5.54. The molecule has 0 bridgehead atoms. The first-order valence-corrected chi connectivity index (χ1v) is 14.2. The first-order chi connectivity index (χ1) is 17.2. The molecule has 0 radical (unpaired) electrons. The van der Waals surface area contributed by atoms with Gasteiger partial charge in [-0.05, 0) is 79.4 Å². The van der Waals surface area contributed by atoms with E-state index >= 15 is 0 Å². The molecule has 6 rings (SSSR count). The fourth-order valence-corrected chi connectivity index (χ4v) is 8.45. The fourth-order valence-electron chi connectivity index (χ4n) is 8.45. The van der Waals surface area contributed by atoms with E-state index < -0.39 is 0 Å². The molecule has 3 saturated carbocycles. The van der Waals surface area contributed by atoms with E-state index in [0.29, 0.717) is 30.2 Å². The van der Waals surface area contributed by atoms with Crippen LogP contribution >= 0.6 is 0 Å². The lowest BCUT2D eigenvalue weighted by atomic mass is 9.52. The summed E-state index contributed by atoms with van der Waals surface area (Å²) in [4.78, 5) is 0. The second kappa shape index (κ2) is 8.98. The zero-order chi connectivity index (χ0) is 25.1. The lowest BCUT2D eigenvalue weighted by Gasteiger charge is -2.55. The molecule has 4 fully saturated rings. The summed E-state index contributed by atoms with van der Waals surface area (Å²) in [6.07, 6.45) is 8.47. The van der Waals surface area contributed by atoms with Gasteiger partial charge in [0.2, 0.25) is 0 Å². The maximum atomic E-state index is 11.1. The normalized spacial score (nSPS) is 38.5. The summed E-state index contributed by atoms with van der Waals surface area (Å²) in [7, 11) is 0. The third-order valence-corrected chi connectivity index (χ3v) is 10.4. The molecule has 1 aromatic rings. The summed E-state index contributed by atoms with van der Waals surface area (Å²) in [5.74, 6) is 7.88. The van der Waals surface area contributed by atoms with Crippen molar-refractivity contribution >= 4 is 0 Å². The first-order valence-electron chi connectivity index (χ1n) is 14.2. The van der Waals surface area contributed by atoms with Gasteiger partial charge in [0.1, 0.15) is 0 Å². The number of aliphatic hydroxyl groups is 1. The monoisotopic (exact) mass is 489 g/mol. The van der Waals surface area contributed by atoms with Crippen LogP contribution in [0.2, 0.25) is 0 Å². The van der Waals surface area contributed by atoms with Gasteiger partial charge in [0.05, 0.1) is 25.9 Å². The van der Waals surface area contributed by atoms with Crippen LogP contribution in [-0.2, 0) is 9.47 Å². The highest BCUT2D eigenvalue weighted by molar-refractivity contribution is 5.44. The van der Waals surface area contributed by atoms with Gasteiger partial charge in [-0.25, -0.2) is 0 Å². The van der Waals surface area contributed by atoms with Crippen LogP contribution in [0.25, 0.3) is 0 Å². The maximum Gasteiger partial charge on any atom is 0.169 e. The van der Waals surface area contributed by atoms with Crippen molar-refractivity contribution in [2.75, 3.05) is 19.8 Å². The molecule has 5 aliphatic rings. The summed E-state index contributed by atoms with van der Waals surface area (Å²) in [6, 6.07) is 8.87. The molecule has 4 nitrogen and oxygen atoms in total. The van der Waals surface area contributed by atoms with E-state index in [2.05, 4.69) is 56.9 Å². The highest BCUT2D eigenvalue weighted by atomic mass is 16.7. The number of hydrogen-bond acceptors (Lipinski definition) is 4. The van der Waals surface area contributed by atoms with Crippen molar-refractivity contribution in [3.05, 3.63) is 46.5 Å². The molecule has 1 spiro atoms. The molecule has 1 aliphatic heterocycles. The Morgan fingerprint density at radius 3 is 2.47 bits per heavy atom. The first kappa shape index (κ1) is 24.7. The Morgan fingerprint density at radius 2 is 1.75 bits per heavy atom. The smallest absolute Gasteiger partial charge is 0.169 e. The van der Waals surface area contributed by atoms with Crippen LogP contribution in [0.15, 0.2) is 35.4 Å². The summed E-state index contributed by atoms with van der Waals surface area (Å²) >= 11 is 0. The van der Waals surface area contributed by atoms with Gasteiger partial charge in [-0.3, -0.25) is 0 Å². The molecular formula is C32H43NO3. The third kappa shape index (κ3) is 4.08. The minimum absolute atomic E-state index is 0.00131. The highest BCUT2D eigenvalue weighted by Gasteiger charge is 2.57. The minimum atomic E-state index is -0.386. The van der Waals surface area contributed by atoms with Gasteiger partial charge in [-0.2, -0.15) is 0 Å². The van der Waals surface area contributed by atoms with Crippen LogP contribution in [-0.4, -0.2) is 36.8 Å². The van der Waals surface area contributed by atoms with E-state index in [1.165, 1.54) is 18.4 Å². The van der Waals surface area contributed by atoms with Gasteiger partial charge in [0, 0.05) is 29.7 Å². The maximum absolute atomic E-state index is 11.1. The van der Waals surface area contributed by atoms with E-state index in [9.17, 15) is 5.11 Å². The van der Waals surface area contributed by atoms with E-state index in [1.54, 1.807) is 11.1 Å². The summed E-state index contributed by atoms with van der Waals surface area (Å²) in [5, 5.41) is 11.1. The van der Waals surface area contributed by atoms with Gasteiger partial charge >= 0.3 is 0 Å². The van der Waals surface area contributed by atoms with Crippen molar-refractivity contribution in [2.45, 2.75) is 89.9 Å². The molecule has 0 aromatic heterocycles. The lowest BCUT2D eigenvalue weighted by Crippen LogP contribution is -2.52. The van der Waals surface area contributed by atoms with Crippen molar-refractivity contribution in [2.24, 2.45) is 34.3 Å². The molecule has 0 amide bonds. The van der Waals surface area contributed by atoms with Crippen LogP contribution in [0.3, 0.4) is 0 Å². The Morgan fingerprint density at radius 1 is 1.00 bits per heavy atom. The Bertz CT molecular complexity index is 1080. The molecule has 1 heterocycles. The number of benzene rings is 1. The topological polar surface area (TPSA) is 64.7 Å². The Balaban J connectivity index is 1.36. The van der Waals surface area contributed by atoms with Crippen molar-refractivity contribution in [1.29, 1.82) is 0 Å². The van der Waals surface area contributed by atoms with Crippen LogP contribution in [0.1, 0.15) is 89.2 Å². The van der Waals surface area contributed by atoms with Crippen molar-refractivity contribution < 1.29 is 14.6 Å².